The van der Waals surface area contributed by atoms with E-state index < -0.39 is 5.97 Å². The Hall–Kier alpha value is -1.06. The Morgan fingerprint density at radius 3 is 2.33 bits per heavy atom. The van der Waals surface area contributed by atoms with Crippen molar-refractivity contribution in [3.05, 3.63) is 34.3 Å². The number of hydrogen-bond donors (Lipinski definition) is 1. The van der Waals surface area contributed by atoms with Crippen LogP contribution in [0.25, 0.3) is 0 Å². The van der Waals surface area contributed by atoms with Gasteiger partial charge in [0.15, 0.2) is 0 Å². The second kappa shape index (κ2) is 7.39. The second-order valence-corrected chi connectivity index (χ2v) is 4.79. The first-order chi connectivity index (χ1) is 8.58. The van der Waals surface area contributed by atoms with Gasteiger partial charge in [0.05, 0.1) is 5.56 Å². The van der Waals surface area contributed by atoms with Gasteiger partial charge in [-0.25, -0.2) is 4.79 Å². The number of nitrogens with zero attached hydrogens (tertiary/aromatic N) is 1. The molecule has 3 nitrogen and oxygen atoms in total. The lowest BCUT2D eigenvalue weighted by Gasteiger charge is -2.21. The van der Waals surface area contributed by atoms with Gasteiger partial charge in [-0.1, -0.05) is 31.5 Å². The van der Waals surface area contributed by atoms with E-state index in [9.17, 15) is 4.79 Å². The van der Waals surface area contributed by atoms with Crippen molar-refractivity contribution >= 4 is 17.6 Å². The number of carboxylic acid groups (broad SMARTS) is 1. The lowest BCUT2D eigenvalue weighted by Crippen LogP contribution is -2.25. The summed E-state index contributed by atoms with van der Waals surface area (Å²) in [7, 11) is 0. The van der Waals surface area contributed by atoms with Crippen LogP contribution in [-0.4, -0.2) is 29.1 Å². The number of carbonyl (C=O) groups is 1. The normalized spacial score (nSPS) is 10.9. The van der Waals surface area contributed by atoms with Crippen molar-refractivity contribution in [3.63, 3.8) is 0 Å². The third-order valence-corrected chi connectivity index (χ3v) is 3.13. The van der Waals surface area contributed by atoms with E-state index in [4.69, 9.17) is 16.7 Å². The van der Waals surface area contributed by atoms with Crippen LogP contribution >= 0.6 is 11.6 Å². The highest BCUT2D eigenvalue weighted by molar-refractivity contribution is 6.31. The highest BCUT2D eigenvalue weighted by Crippen LogP contribution is 2.20. The van der Waals surface area contributed by atoms with E-state index in [0.717, 1.165) is 38.0 Å². The Bertz CT molecular complexity index is 401. The van der Waals surface area contributed by atoms with Gasteiger partial charge >= 0.3 is 5.97 Å². The molecule has 100 valence electrons. The number of hydrogen-bond acceptors (Lipinski definition) is 2. The Labute approximate surface area is 113 Å². The Kier molecular flexibility index (Phi) is 6.16. The first kappa shape index (κ1) is 15.0. The zero-order valence-corrected chi connectivity index (χ0v) is 11.7. The van der Waals surface area contributed by atoms with E-state index >= 15 is 0 Å². The highest BCUT2D eigenvalue weighted by Gasteiger charge is 2.10. The van der Waals surface area contributed by atoms with E-state index in [1.807, 2.05) is 6.07 Å². The van der Waals surface area contributed by atoms with Crippen LogP contribution in [0.4, 0.5) is 0 Å². The van der Waals surface area contributed by atoms with Gasteiger partial charge in [-0.3, -0.25) is 4.90 Å². The molecular weight excluding hydrogens is 250 g/mol. The SMILES string of the molecule is CCCN(CCC)Cc1ccc(C(=O)O)cc1Cl. The molecule has 0 aliphatic carbocycles. The summed E-state index contributed by atoms with van der Waals surface area (Å²) >= 11 is 6.13. The number of aromatic carboxylic acids is 1. The van der Waals surface area contributed by atoms with Gasteiger partial charge in [0.25, 0.3) is 0 Å². The molecule has 0 aromatic heterocycles. The molecule has 18 heavy (non-hydrogen) atoms. The molecule has 0 heterocycles. The molecule has 1 N–H and O–H groups in total. The fourth-order valence-corrected chi connectivity index (χ4v) is 2.19. The molecule has 0 saturated carbocycles. The maximum absolute atomic E-state index is 10.8. The number of halogens is 1. The van der Waals surface area contributed by atoms with Gasteiger partial charge in [0, 0.05) is 11.6 Å². The maximum atomic E-state index is 10.8. The molecule has 0 amide bonds. The van der Waals surface area contributed by atoms with Crippen molar-refractivity contribution < 1.29 is 9.90 Å². The minimum Gasteiger partial charge on any atom is -0.478 e. The molecule has 1 rings (SSSR count). The molecule has 1 aromatic rings. The quantitative estimate of drug-likeness (QED) is 0.821. The number of benzene rings is 1. The topological polar surface area (TPSA) is 40.5 Å². The summed E-state index contributed by atoms with van der Waals surface area (Å²) in [5.41, 5.74) is 1.23. The van der Waals surface area contributed by atoms with Crippen LogP contribution in [0.5, 0.6) is 0 Å². The van der Waals surface area contributed by atoms with Crippen molar-refractivity contribution in [1.29, 1.82) is 0 Å². The molecule has 0 atom stereocenters. The summed E-state index contributed by atoms with van der Waals surface area (Å²) in [5.74, 6) is -0.942. The lowest BCUT2D eigenvalue weighted by molar-refractivity contribution is 0.0697. The van der Waals surface area contributed by atoms with E-state index in [-0.39, 0.29) is 5.56 Å². The predicted molar refractivity (Wildman–Crippen MR) is 74.3 cm³/mol. The van der Waals surface area contributed by atoms with Crippen molar-refractivity contribution in [1.82, 2.24) is 4.90 Å². The van der Waals surface area contributed by atoms with Crippen LogP contribution in [0.2, 0.25) is 5.02 Å². The smallest absolute Gasteiger partial charge is 0.335 e. The van der Waals surface area contributed by atoms with Crippen LogP contribution < -0.4 is 0 Å². The minimum absolute atomic E-state index is 0.237. The Morgan fingerprint density at radius 1 is 1.28 bits per heavy atom. The molecule has 0 fully saturated rings. The van der Waals surface area contributed by atoms with Crippen LogP contribution in [0.1, 0.15) is 42.6 Å². The zero-order valence-electron chi connectivity index (χ0n) is 10.9. The first-order valence-corrected chi connectivity index (χ1v) is 6.70. The summed E-state index contributed by atoms with van der Waals surface area (Å²) in [5, 5.41) is 9.42. The van der Waals surface area contributed by atoms with Crippen LogP contribution in [0.3, 0.4) is 0 Å². The molecule has 4 heteroatoms. The van der Waals surface area contributed by atoms with Gasteiger partial charge in [0.1, 0.15) is 0 Å². The second-order valence-electron chi connectivity index (χ2n) is 4.39. The molecule has 0 spiro atoms. The van der Waals surface area contributed by atoms with E-state index in [1.165, 1.54) is 6.07 Å². The Morgan fingerprint density at radius 2 is 1.89 bits per heavy atom. The fourth-order valence-electron chi connectivity index (χ4n) is 1.95. The zero-order chi connectivity index (χ0) is 13.5. The number of carboxylic acids is 1. The fraction of sp³-hybridized carbons (Fsp3) is 0.500. The first-order valence-electron chi connectivity index (χ1n) is 6.32. The van der Waals surface area contributed by atoms with Crippen LogP contribution in [0, 0.1) is 0 Å². The number of rotatable bonds is 7. The van der Waals surface area contributed by atoms with E-state index in [2.05, 4.69) is 18.7 Å². The van der Waals surface area contributed by atoms with Crippen molar-refractivity contribution in [2.75, 3.05) is 13.1 Å². The molecule has 0 saturated heterocycles. The molecule has 0 unspecified atom stereocenters. The van der Waals surface area contributed by atoms with Gasteiger partial charge in [0.2, 0.25) is 0 Å². The van der Waals surface area contributed by atoms with E-state index in [0.29, 0.717) is 5.02 Å². The molecule has 0 aliphatic rings. The summed E-state index contributed by atoms with van der Waals surface area (Å²) in [6, 6.07) is 4.94. The van der Waals surface area contributed by atoms with Gasteiger partial charge in [-0.2, -0.15) is 0 Å². The molecule has 0 bridgehead atoms. The molecule has 0 aliphatic heterocycles. The molecular formula is C14H20ClNO2. The third-order valence-electron chi connectivity index (χ3n) is 2.77. The third kappa shape index (κ3) is 4.31. The summed E-state index contributed by atoms with van der Waals surface area (Å²) in [6.07, 6.45) is 2.20. The average Bonchev–Trinajstić information content (AvgIpc) is 2.32. The predicted octanol–water partition coefficient (Wildman–Crippen LogP) is 3.66. The molecule has 1 aromatic carbocycles. The minimum atomic E-state index is -0.942. The maximum Gasteiger partial charge on any atom is 0.335 e. The molecule has 0 radical (unpaired) electrons. The van der Waals surface area contributed by atoms with Crippen molar-refractivity contribution in [2.45, 2.75) is 33.2 Å². The van der Waals surface area contributed by atoms with Crippen molar-refractivity contribution in [3.8, 4) is 0 Å². The van der Waals surface area contributed by atoms with Crippen LogP contribution in [0.15, 0.2) is 18.2 Å². The van der Waals surface area contributed by atoms with Gasteiger partial charge in [-0.05, 0) is 43.6 Å². The Balaban J connectivity index is 2.79. The lowest BCUT2D eigenvalue weighted by atomic mass is 10.1. The van der Waals surface area contributed by atoms with Gasteiger partial charge in [-0.15, -0.1) is 0 Å². The monoisotopic (exact) mass is 269 g/mol. The van der Waals surface area contributed by atoms with Crippen molar-refractivity contribution in [2.24, 2.45) is 0 Å². The van der Waals surface area contributed by atoms with Crippen LogP contribution in [-0.2, 0) is 6.54 Å². The standard InChI is InChI=1S/C14H20ClNO2/c1-3-7-16(8-4-2)10-12-6-5-11(14(17)18)9-13(12)15/h5-6,9H,3-4,7-8,10H2,1-2H3,(H,17,18). The highest BCUT2D eigenvalue weighted by atomic mass is 35.5. The summed E-state index contributed by atoms with van der Waals surface area (Å²) < 4.78 is 0. The summed E-state index contributed by atoms with van der Waals surface area (Å²) in [4.78, 5) is 13.2. The largest absolute Gasteiger partial charge is 0.478 e. The van der Waals surface area contributed by atoms with E-state index in [1.54, 1.807) is 6.07 Å². The van der Waals surface area contributed by atoms with Gasteiger partial charge < -0.3 is 5.11 Å². The summed E-state index contributed by atoms with van der Waals surface area (Å²) in [6.45, 7) is 7.14. The average molecular weight is 270 g/mol.